The molecule has 8 heterocycles. The number of hydrogen-bond acceptors (Lipinski definition) is 8. The van der Waals surface area contributed by atoms with Gasteiger partial charge >= 0.3 is 7.82 Å². The number of phosphoric acid groups is 1. The lowest BCUT2D eigenvalue weighted by Crippen LogP contribution is -2.33. The van der Waals surface area contributed by atoms with Crippen molar-refractivity contribution in [2.75, 3.05) is 6.73 Å². The second-order valence-electron chi connectivity index (χ2n) is 20.1. The van der Waals surface area contributed by atoms with E-state index in [0.717, 1.165) is 115 Å². The van der Waals surface area contributed by atoms with Crippen LogP contribution in [0.3, 0.4) is 0 Å². The van der Waals surface area contributed by atoms with Crippen molar-refractivity contribution in [3.63, 3.8) is 0 Å². The number of imide groups is 2. The van der Waals surface area contributed by atoms with Gasteiger partial charge in [-0.25, -0.2) is 4.57 Å². The Hall–Kier alpha value is -8.13. The minimum Gasteiger partial charge on any atom is -0.361 e. The summed E-state index contributed by atoms with van der Waals surface area (Å²) < 4.78 is 36.0. The lowest BCUT2D eigenvalue weighted by molar-refractivity contribution is -0.143. The summed E-state index contributed by atoms with van der Waals surface area (Å²) in [6, 6.07) is 46.6. The fourth-order valence-electron chi connectivity index (χ4n) is 12.2. The SMILES string of the molecule is O=C1C(c2c[nH]c3ccccc23)C(c2cn3c4c(cccc24)CCC3)C(=O)N1COP(=O)(OCc1ccccc1)OCc1ccccc1.O=C1NC(=O)C(c2cn3c4c(cccc24)CCC3)C1c1c[nH]c2ccccc12. The lowest BCUT2D eigenvalue weighted by atomic mass is 9.83. The first-order chi connectivity index (χ1) is 37.2. The maximum Gasteiger partial charge on any atom is 0.477 e. The van der Waals surface area contributed by atoms with E-state index in [-0.39, 0.29) is 25.0 Å². The summed E-state index contributed by atoms with van der Waals surface area (Å²) in [5, 5.41) is 6.52. The molecule has 6 aromatic carbocycles. The zero-order valence-electron chi connectivity index (χ0n) is 41.4. The fraction of sp³-hybridized carbons (Fsp3) is 0.213. The van der Waals surface area contributed by atoms with Crippen LogP contribution in [0.5, 0.6) is 0 Å². The first-order valence-corrected chi connectivity index (χ1v) is 27.3. The molecule has 0 saturated carbocycles. The van der Waals surface area contributed by atoms with Gasteiger partial charge in [-0.3, -0.25) is 43.0 Å². The molecule has 4 aliphatic heterocycles. The molecule has 4 unspecified atom stereocenters. The summed E-state index contributed by atoms with van der Waals surface area (Å²) in [4.78, 5) is 62.3. The number of carbonyl (C=O) groups is 4. The van der Waals surface area contributed by atoms with Gasteiger partial charge in [-0.15, -0.1) is 0 Å². The zero-order valence-corrected chi connectivity index (χ0v) is 42.3. The van der Waals surface area contributed by atoms with Gasteiger partial charge in [-0.1, -0.05) is 133 Å². The van der Waals surface area contributed by atoms with E-state index in [1.807, 2.05) is 140 Å². The molecule has 380 valence electrons. The molecule has 2 fully saturated rings. The van der Waals surface area contributed by atoms with E-state index in [2.05, 4.69) is 54.9 Å². The van der Waals surface area contributed by atoms with E-state index in [9.17, 15) is 23.7 Å². The van der Waals surface area contributed by atoms with Gasteiger partial charge < -0.3 is 19.1 Å². The highest BCUT2D eigenvalue weighted by molar-refractivity contribution is 7.48. The number of rotatable bonds is 13. The normalized spacial score (nSPS) is 19.3. The molecule has 76 heavy (non-hydrogen) atoms. The average molecular weight is 1030 g/mol. The molecule has 4 aliphatic rings. The van der Waals surface area contributed by atoms with Gasteiger partial charge in [0.25, 0.3) is 0 Å². The van der Waals surface area contributed by atoms with Crippen LogP contribution in [0.2, 0.25) is 0 Å². The van der Waals surface area contributed by atoms with Crippen LogP contribution in [-0.2, 0) is 76.5 Å². The van der Waals surface area contributed by atoms with Crippen LogP contribution in [0.15, 0.2) is 170 Å². The van der Waals surface area contributed by atoms with Crippen LogP contribution < -0.4 is 5.32 Å². The predicted molar refractivity (Wildman–Crippen MR) is 289 cm³/mol. The number of nitrogens with zero attached hydrogens (tertiary/aromatic N) is 3. The molecule has 3 N–H and O–H groups in total. The standard InChI is InChI=1S/C38H34N3O6P.C23H19N3O2/c42-37-34(31-21-39-33-19-8-7-17-29(31)33)35(32-22-40-20-10-16-28-15-9-18-30(32)36(28)40)38(43)41(37)25-47-48(44,45-23-26-11-3-1-4-12-26)46-24-27-13-5-2-6-14-27;27-22-19(16-11-24-18-9-2-1-7-14(16)18)20(23(28)25-22)17-12-26-10-4-6-13-5-3-8-15(17)21(13)26/h1-9,11-15,17-19,21-22,34-35,39H,10,16,20,23-25H2;1-3,5,7-9,11-12,19-20,24H,4,6,10H2,(H,25,27,28). The topological polar surface area (TPSA) is 170 Å². The molecular weight excluding hydrogens is 976 g/mol. The molecule has 14 nitrogen and oxygen atoms in total. The molecule has 4 amide bonds. The van der Waals surface area contributed by atoms with Crippen LogP contribution in [0, 0.1) is 0 Å². The van der Waals surface area contributed by atoms with Gasteiger partial charge in [0, 0.05) is 70.5 Å². The van der Waals surface area contributed by atoms with Crippen molar-refractivity contribution in [2.45, 2.75) is 75.7 Å². The number of aromatic amines is 2. The Bertz CT molecular complexity index is 3900. The van der Waals surface area contributed by atoms with Crippen LogP contribution in [-0.4, -0.2) is 54.4 Å². The summed E-state index contributed by atoms with van der Waals surface area (Å²) in [5.74, 6) is -3.94. The minimum absolute atomic E-state index is 0.0444. The van der Waals surface area contributed by atoms with Crippen LogP contribution in [0.25, 0.3) is 43.6 Å². The molecule has 0 spiro atoms. The van der Waals surface area contributed by atoms with Crippen molar-refractivity contribution in [1.82, 2.24) is 29.3 Å². The number of para-hydroxylation sites is 4. The highest BCUT2D eigenvalue weighted by atomic mass is 31.2. The summed E-state index contributed by atoms with van der Waals surface area (Å²) in [6.45, 7) is 1.12. The Morgan fingerprint density at radius 3 is 1.43 bits per heavy atom. The molecule has 10 aromatic rings. The van der Waals surface area contributed by atoms with Gasteiger partial charge in [0.1, 0.15) is 6.73 Å². The first kappa shape index (κ1) is 47.6. The third-order valence-corrected chi connectivity index (χ3v) is 17.0. The van der Waals surface area contributed by atoms with Crippen LogP contribution in [0.4, 0.5) is 0 Å². The van der Waals surface area contributed by atoms with Crippen LogP contribution in [0.1, 0.15) is 81.0 Å². The molecule has 2 saturated heterocycles. The highest BCUT2D eigenvalue weighted by Crippen LogP contribution is 2.53. The van der Waals surface area contributed by atoms with Crippen LogP contribution >= 0.6 is 7.82 Å². The number of carbonyl (C=O) groups excluding carboxylic acids is 4. The number of H-pyrrole nitrogens is 2. The summed E-state index contributed by atoms with van der Waals surface area (Å²) >= 11 is 0. The zero-order chi connectivity index (χ0) is 51.5. The first-order valence-electron chi connectivity index (χ1n) is 25.9. The van der Waals surface area contributed by atoms with Gasteiger partial charge in [0.2, 0.25) is 23.6 Å². The van der Waals surface area contributed by atoms with Gasteiger partial charge in [0.15, 0.2) is 0 Å². The Kier molecular flexibility index (Phi) is 12.2. The van der Waals surface area contributed by atoms with Crippen molar-refractivity contribution >= 4 is 75.1 Å². The Balaban J connectivity index is 0.000000167. The highest BCUT2D eigenvalue weighted by Gasteiger charge is 2.52. The van der Waals surface area contributed by atoms with E-state index in [1.54, 1.807) is 0 Å². The van der Waals surface area contributed by atoms with E-state index in [0.29, 0.717) is 0 Å². The quantitative estimate of drug-likeness (QED) is 0.0757. The second-order valence-corrected chi connectivity index (χ2v) is 21.7. The number of phosphoric ester groups is 1. The van der Waals surface area contributed by atoms with Crippen molar-refractivity contribution < 1.29 is 37.3 Å². The van der Waals surface area contributed by atoms with Crippen molar-refractivity contribution in [3.05, 3.63) is 215 Å². The number of benzene rings is 6. The summed E-state index contributed by atoms with van der Waals surface area (Å²) in [6.07, 6.45) is 11.9. The monoisotopic (exact) mass is 1030 g/mol. The maximum absolute atomic E-state index is 14.5. The smallest absolute Gasteiger partial charge is 0.361 e. The second kappa shape index (κ2) is 19.5. The number of aryl methyl sites for hydroxylation is 4. The predicted octanol–water partition coefficient (Wildman–Crippen LogP) is 11.4. The van der Waals surface area contributed by atoms with Crippen molar-refractivity contribution in [2.24, 2.45) is 0 Å². The summed E-state index contributed by atoms with van der Waals surface area (Å²) in [5.41, 5.74) is 11.6. The van der Waals surface area contributed by atoms with Crippen molar-refractivity contribution in [3.8, 4) is 0 Å². The molecular formula is C61H53N6O8P. The van der Waals surface area contributed by atoms with Crippen molar-refractivity contribution in [1.29, 1.82) is 0 Å². The van der Waals surface area contributed by atoms with Gasteiger partial charge in [-0.2, -0.15) is 0 Å². The number of fused-ring (bicyclic) bond motifs is 2. The molecule has 0 aliphatic carbocycles. The molecule has 0 bridgehead atoms. The molecule has 0 radical (unpaired) electrons. The number of hydrogen-bond donors (Lipinski definition) is 3. The number of nitrogens with one attached hydrogen (secondary N) is 3. The maximum atomic E-state index is 14.5. The fourth-order valence-corrected chi connectivity index (χ4v) is 13.3. The minimum atomic E-state index is -4.26. The third-order valence-electron chi connectivity index (χ3n) is 15.6. The van der Waals surface area contributed by atoms with E-state index < -0.39 is 50.0 Å². The number of aromatic nitrogens is 4. The number of likely N-dealkylation sites (tertiary alicyclic amines) is 1. The van der Waals surface area contributed by atoms with E-state index in [1.165, 1.54) is 16.6 Å². The average Bonchev–Trinajstić information content (AvgIpc) is 4.44. The number of amides is 4. The third kappa shape index (κ3) is 8.38. The Morgan fingerprint density at radius 2 is 0.908 bits per heavy atom. The lowest BCUT2D eigenvalue weighted by Gasteiger charge is -2.21. The van der Waals surface area contributed by atoms with Gasteiger partial charge in [-0.05, 0) is 82.3 Å². The molecule has 4 atom stereocenters. The van der Waals surface area contributed by atoms with Gasteiger partial charge in [0.05, 0.1) is 47.9 Å². The Morgan fingerprint density at radius 1 is 0.474 bits per heavy atom. The van der Waals surface area contributed by atoms with E-state index in [4.69, 9.17) is 13.6 Å². The molecule has 4 aromatic heterocycles. The van der Waals surface area contributed by atoms with E-state index >= 15 is 0 Å². The molecule has 15 heteroatoms. The summed E-state index contributed by atoms with van der Waals surface area (Å²) in [7, 11) is -4.26. The molecule has 14 rings (SSSR count). The Labute approximate surface area is 437 Å². The largest absolute Gasteiger partial charge is 0.477 e.